The molecule has 0 N–H and O–H groups in total. The van der Waals surface area contributed by atoms with E-state index >= 15 is 0 Å². The first-order chi connectivity index (χ1) is 7.15. The number of nitrogens with zero attached hydrogens (tertiary/aromatic N) is 1. The summed E-state index contributed by atoms with van der Waals surface area (Å²) in [5, 5.41) is 10.8. The van der Waals surface area contributed by atoms with Gasteiger partial charge in [0.1, 0.15) is 5.75 Å². The van der Waals surface area contributed by atoms with Crippen molar-refractivity contribution < 1.29 is 9.66 Å². The van der Waals surface area contributed by atoms with Crippen LogP contribution in [0.2, 0.25) is 5.02 Å². The monoisotopic (exact) mass is 225 g/mol. The van der Waals surface area contributed by atoms with Gasteiger partial charge >= 0.3 is 0 Å². The van der Waals surface area contributed by atoms with Gasteiger partial charge in [-0.15, -0.1) is 12.3 Å². The van der Waals surface area contributed by atoms with Crippen molar-refractivity contribution in [2.75, 3.05) is 6.61 Å². The second-order valence-electron chi connectivity index (χ2n) is 2.67. The van der Waals surface area contributed by atoms with Crippen molar-refractivity contribution in [1.29, 1.82) is 0 Å². The molecule has 5 heteroatoms. The average molecular weight is 226 g/mol. The van der Waals surface area contributed by atoms with E-state index in [1.807, 2.05) is 0 Å². The van der Waals surface area contributed by atoms with Gasteiger partial charge in [0.25, 0.3) is 5.69 Å². The Balaban J connectivity index is 2.82. The summed E-state index contributed by atoms with van der Waals surface area (Å²) in [5.74, 6) is 2.67. The van der Waals surface area contributed by atoms with Crippen molar-refractivity contribution >= 4 is 17.3 Å². The number of hydrogen-bond acceptors (Lipinski definition) is 3. The highest BCUT2D eigenvalue weighted by molar-refractivity contribution is 6.32. The lowest BCUT2D eigenvalue weighted by Crippen LogP contribution is -1.97. The molecule has 4 nitrogen and oxygen atoms in total. The predicted molar refractivity (Wildman–Crippen MR) is 57.1 cm³/mol. The fourth-order valence-corrected chi connectivity index (χ4v) is 1.11. The molecule has 0 aliphatic heterocycles. The van der Waals surface area contributed by atoms with Crippen molar-refractivity contribution in [3.8, 4) is 18.1 Å². The summed E-state index contributed by atoms with van der Waals surface area (Å²) in [6, 6.07) is 4.01. The molecule has 0 saturated heterocycles. The molecule has 0 bridgehead atoms. The zero-order valence-corrected chi connectivity index (χ0v) is 8.53. The maximum Gasteiger partial charge on any atom is 0.273 e. The summed E-state index contributed by atoms with van der Waals surface area (Å²) in [6.07, 6.45) is 5.47. The van der Waals surface area contributed by atoms with Gasteiger partial charge in [0, 0.05) is 12.5 Å². The van der Waals surface area contributed by atoms with E-state index in [9.17, 15) is 10.1 Å². The van der Waals surface area contributed by atoms with Crippen molar-refractivity contribution in [3.63, 3.8) is 0 Å². The van der Waals surface area contributed by atoms with E-state index in [2.05, 4.69) is 5.92 Å². The first-order valence-electron chi connectivity index (χ1n) is 4.15. The first-order valence-corrected chi connectivity index (χ1v) is 4.53. The summed E-state index contributed by atoms with van der Waals surface area (Å²) in [6.45, 7) is 0.289. The molecule has 0 fully saturated rings. The minimum Gasteiger partial charge on any atom is -0.491 e. The number of benzene rings is 1. The SMILES string of the molecule is C#CCCOc1cc([N+](=O)[O-])ccc1Cl. The van der Waals surface area contributed by atoms with Crippen LogP contribution >= 0.6 is 11.6 Å². The van der Waals surface area contributed by atoms with Crippen molar-refractivity contribution in [3.05, 3.63) is 33.3 Å². The Labute approximate surface area is 92.0 Å². The van der Waals surface area contributed by atoms with E-state index in [1.54, 1.807) is 0 Å². The Morgan fingerprint density at radius 1 is 1.60 bits per heavy atom. The van der Waals surface area contributed by atoms with Gasteiger partial charge < -0.3 is 4.74 Å². The van der Waals surface area contributed by atoms with E-state index < -0.39 is 4.92 Å². The number of halogens is 1. The normalized spacial score (nSPS) is 9.33. The van der Waals surface area contributed by atoms with Crippen LogP contribution in [0.4, 0.5) is 5.69 Å². The Morgan fingerprint density at radius 3 is 2.93 bits per heavy atom. The lowest BCUT2D eigenvalue weighted by Gasteiger charge is -2.05. The quantitative estimate of drug-likeness (QED) is 0.343. The largest absolute Gasteiger partial charge is 0.491 e. The standard InChI is InChI=1S/C10H8ClNO3/c1-2-3-6-15-10-7-8(12(13)14)4-5-9(10)11/h1,4-5,7H,3,6H2. The number of nitro groups is 1. The maximum absolute atomic E-state index is 10.5. The van der Waals surface area contributed by atoms with Crippen LogP contribution in [0.25, 0.3) is 0 Å². The van der Waals surface area contributed by atoms with Crippen LogP contribution in [0.15, 0.2) is 18.2 Å². The van der Waals surface area contributed by atoms with Gasteiger partial charge in [-0.25, -0.2) is 0 Å². The molecule has 0 aliphatic carbocycles. The minimum atomic E-state index is -0.510. The molecule has 0 aliphatic rings. The highest BCUT2D eigenvalue weighted by atomic mass is 35.5. The molecule has 0 aromatic heterocycles. The van der Waals surface area contributed by atoms with Crippen LogP contribution in [-0.4, -0.2) is 11.5 Å². The summed E-state index contributed by atoms with van der Waals surface area (Å²) < 4.78 is 5.19. The molecule has 0 unspecified atom stereocenters. The first kappa shape index (κ1) is 11.3. The Hall–Kier alpha value is -1.73. The summed E-state index contributed by atoms with van der Waals surface area (Å²) in [5.41, 5.74) is -0.0601. The van der Waals surface area contributed by atoms with Gasteiger partial charge in [-0.1, -0.05) is 11.6 Å². The second-order valence-corrected chi connectivity index (χ2v) is 3.08. The third-order valence-electron chi connectivity index (χ3n) is 1.63. The third-order valence-corrected chi connectivity index (χ3v) is 1.94. The third kappa shape index (κ3) is 3.15. The molecular weight excluding hydrogens is 218 g/mol. The lowest BCUT2D eigenvalue weighted by atomic mass is 10.3. The smallest absolute Gasteiger partial charge is 0.273 e. The summed E-state index contributed by atoms with van der Waals surface area (Å²) in [7, 11) is 0. The summed E-state index contributed by atoms with van der Waals surface area (Å²) in [4.78, 5) is 9.96. The van der Waals surface area contributed by atoms with E-state index in [0.717, 1.165) is 0 Å². The molecule has 0 spiro atoms. The number of hydrogen-bond donors (Lipinski definition) is 0. The molecule has 1 aromatic carbocycles. The maximum atomic E-state index is 10.5. The van der Waals surface area contributed by atoms with Gasteiger partial charge in [-0.2, -0.15) is 0 Å². The number of non-ortho nitro benzene ring substituents is 1. The lowest BCUT2D eigenvalue weighted by molar-refractivity contribution is -0.384. The number of rotatable bonds is 4. The Morgan fingerprint density at radius 2 is 2.33 bits per heavy atom. The van der Waals surface area contributed by atoms with E-state index in [1.165, 1.54) is 18.2 Å². The van der Waals surface area contributed by atoms with Crippen molar-refractivity contribution in [2.24, 2.45) is 0 Å². The fourth-order valence-electron chi connectivity index (χ4n) is 0.936. The van der Waals surface area contributed by atoms with Crippen LogP contribution in [0, 0.1) is 22.5 Å². The zero-order chi connectivity index (χ0) is 11.3. The molecule has 78 valence electrons. The molecule has 15 heavy (non-hydrogen) atoms. The molecule has 0 atom stereocenters. The topological polar surface area (TPSA) is 52.4 Å². The molecule has 1 rings (SSSR count). The molecule has 0 heterocycles. The fraction of sp³-hybridized carbons (Fsp3) is 0.200. The van der Waals surface area contributed by atoms with Gasteiger partial charge in [0.2, 0.25) is 0 Å². The molecule has 0 saturated carbocycles. The highest BCUT2D eigenvalue weighted by Crippen LogP contribution is 2.28. The van der Waals surface area contributed by atoms with Gasteiger partial charge in [0.05, 0.1) is 22.6 Å². The highest BCUT2D eigenvalue weighted by Gasteiger charge is 2.10. The van der Waals surface area contributed by atoms with Crippen LogP contribution in [-0.2, 0) is 0 Å². The van der Waals surface area contributed by atoms with Crippen molar-refractivity contribution in [2.45, 2.75) is 6.42 Å². The molecule has 0 radical (unpaired) electrons. The molecular formula is C10H8ClNO3. The Bertz CT molecular complexity index is 412. The van der Waals surface area contributed by atoms with E-state index in [0.29, 0.717) is 11.4 Å². The average Bonchev–Trinajstić information content (AvgIpc) is 2.20. The minimum absolute atomic E-state index is 0.0601. The van der Waals surface area contributed by atoms with Crippen LogP contribution in [0.1, 0.15) is 6.42 Å². The number of terminal acetylenes is 1. The van der Waals surface area contributed by atoms with Gasteiger partial charge in [0.15, 0.2) is 0 Å². The van der Waals surface area contributed by atoms with Crippen LogP contribution in [0.3, 0.4) is 0 Å². The number of nitro benzene ring substituents is 1. The molecule has 0 amide bonds. The van der Waals surface area contributed by atoms with E-state index in [-0.39, 0.29) is 18.0 Å². The second kappa shape index (κ2) is 5.23. The van der Waals surface area contributed by atoms with Crippen LogP contribution < -0.4 is 4.74 Å². The van der Waals surface area contributed by atoms with Crippen LogP contribution in [0.5, 0.6) is 5.75 Å². The molecule has 1 aromatic rings. The Kier molecular flexibility index (Phi) is 3.95. The van der Waals surface area contributed by atoms with Crippen molar-refractivity contribution in [1.82, 2.24) is 0 Å². The number of ether oxygens (including phenoxy) is 1. The van der Waals surface area contributed by atoms with Gasteiger partial charge in [-0.3, -0.25) is 10.1 Å². The van der Waals surface area contributed by atoms with E-state index in [4.69, 9.17) is 22.8 Å². The zero-order valence-electron chi connectivity index (χ0n) is 7.77. The summed E-state index contributed by atoms with van der Waals surface area (Å²) >= 11 is 5.78. The van der Waals surface area contributed by atoms with Gasteiger partial charge in [-0.05, 0) is 6.07 Å². The predicted octanol–water partition coefficient (Wildman–Crippen LogP) is 2.65.